The van der Waals surface area contributed by atoms with Gasteiger partial charge in [-0.05, 0) is 44.5 Å². The van der Waals surface area contributed by atoms with Crippen LogP contribution >= 0.6 is 0 Å². The highest BCUT2D eigenvalue weighted by Gasteiger charge is 2.19. The zero-order valence-electron chi connectivity index (χ0n) is 10.6. The van der Waals surface area contributed by atoms with Gasteiger partial charge in [-0.3, -0.25) is 0 Å². The fraction of sp³-hybridized carbons (Fsp3) is 0.429. The first-order valence-electron chi connectivity index (χ1n) is 6.53. The standard InChI is InChI=1S/C14H18N4/c1-10-8-13(12-5-3-7-16-12)18-14(17-10)11-4-2-6-15-9-11/h3,5,7-8,11,15-16H,2,4,6,9H2,1H3. The van der Waals surface area contributed by atoms with Crippen LogP contribution in [0.4, 0.5) is 0 Å². The Hall–Kier alpha value is -1.68. The topological polar surface area (TPSA) is 53.6 Å². The summed E-state index contributed by atoms with van der Waals surface area (Å²) in [5.41, 5.74) is 3.09. The lowest BCUT2D eigenvalue weighted by atomic mass is 9.98. The second-order valence-corrected chi connectivity index (χ2v) is 4.88. The average molecular weight is 242 g/mol. The molecule has 94 valence electrons. The van der Waals surface area contributed by atoms with Crippen molar-refractivity contribution in [3.8, 4) is 11.4 Å². The lowest BCUT2D eigenvalue weighted by Gasteiger charge is -2.22. The van der Waals surface area contributed by atoms with Crippen LogP contribution in [0.15, 0.2) is 24.4 Å². The van der Waals surface area contributed by atoms with Gasteiger partial charge >= 0.3 is 0 Å². The van der Waals surface area contributed by atoms with E-state index in [-0.39, 0.29) is 0 Å². The van der Waals surface area contributed by atoms with Crippen LogP contribution in [0.25, 0.3) is 11.4 Å². The summed E-state index contributed by atoms with van der Waals surface area (Å²) in [5, 5.41) is 3.42. The molecule has 1 aliphatic heterocycles. The molecular weight excluding hydrogens is 224 g/mol. The zero-order valence-corrected chi connectivity index (χ0v) is 10.6. The Labute approximate surface area is 107 Å². The number of aromatic nitrogens is 3. The van der Waals surface area contributed by atoms with Gasteiger partial charge in [-0.25, -0.2) is 9.97 Å². The van der Waals surface area contributed by atoms with Gasteiger partial charge in [0.15, 0.2) is 0 Å². The molecule has 1 fully saturated rings. The highest BCUT2D eigenvalue weighted by molar-refractivity contribution is 5.54. The Morgan fingerprint density at radius 1 is 1.33 bits per heavy atom. The van der Waals surface area contributed by atoms with E-state index < -0.39 is 0 Å². The smallest absolute Gasteiger partial charge is 0.133 e. The quantitative estimate of drug-likeness (QED) is 0.849. The van der Waals surface area contributed by atoms with Gasteiger partial charge in [-0.15, -0.1) is 0 Å². The molecule has 4 nitrogen and oxygen atoms in total. The summed E-state index contributed by atoms with van der Waals surface area (Å²) in [6.07, 6.45) is 4.31. The van der Waals surface area contributed by atoms with Crippen molar-refractivity contribution in [2.75, 3.05) is 13.1 Å². The van der Waals surface area contributed by atoms with E-state index in [0.717, 1.165) is 36.0 Å². The van der Waals surface area contributed by atoms with Gasteiger partial charge in [0, 0.05) is 24.4 Å². The molecule has 4 heteroatoms. The van der Waals surface area contributed by atoms with Gasteiger partial charge < -0.3 is 10.3 Å². The zero-order chi connectivity index (χ0) is 12.4. The summed E-state index contributed by atoms with van der Waals surface area (Å²) in [7, 11) is 0. The summed E-state index contributed by atoms with van der Waals surface area (Å²) in [6, 6.07) is 6.07. The Balaban J connectivity index is 1.95. The molecular formula is C14H18N4. The van der Waals surface area contributed by atoms with Gasteiger partial charge in [0.2, 0.25) is 0 Å². The molecule has 18 heavy (non-hydrogen) atoms. The summed E-state index contributed by atoms with van der Waals surface area (Å²) in [6.45, 7) is 4.15. The third-order valence-electron chi connectivity index (χ3n) is 3.41. The van der Waals surface area contributed by atoms with Crippen molar-refractivity contribution < 1.29 is 0 Å². The van der Waals surface area contributed by atoms with Crippen molar-refractivity contribution in [3.63, 3.8) is 0 Å². The lowest BCUT2D eigenvalue weighted by molar-refractivity contribution is 0.446. The molecule has 1 aliphatic rings. The number of nitrogens with zero attached hydrogens (tertiary/aromatic N) is 2. The van der Waals surface area contributed by atoms with Crippen LogP contribution in [0.2, 0.25) is 0 Å². The van der Waals surface area contributed by atoms with Crippen LogP contribution in [0, 0.1) is 6.92 Å². The minimum absolute atomic E-state index is 0.451. The van der Waals surface area contributed by atoms with Crippen LogP contribution in [0.1, 0.15) is 30.3 Å². The second kappa shape index (κ2) is 4.90. The molecule has 2 aromatic heterocycles. The van der Waals surface area contributed by atoms with Gasteiger partial charge in [-0.1, -0.05) is 0 Å². The number of hydrogen-bond acceptors (Lipinski definition) is 3. The third-order valence-corrected chi connectivity index (χ3v) is 3.41. The molecule has 2 N–H and O–H groups in total. The fourth-order valence-corrected chi connectivity index (χ4v) is 2.47. The van der Waals surface area contributed by atoms with Gasteiger partial charge in [0.05, 0.1) is 11.4 Å². The largest absolute Gasteiger partial charge is 0.360 e. The van der Waals surface area contributed by atoms with Crippen molar-refractivity contribution in [2.45, 2.75) is 25.7 Å². The Morgan fingerprint density at radius 3 is 3.00 bits per heavy atom. The second-order valence-electron chi connectivity index (χ2n) is 4.88. The van der Waals surface area contributed by atoms with Crippen molar-refractivity contribution in [1.29, 1.82) is 0 Å². The first-order valence-corrected chi connectivity index (χ1v) is 6.53. The van der Waals surface area contributed by atoms with Crippen LogP contribution in [0.5, 0.6) is 0 Å². The van der Waals surface area contributed by atoms with Crippen molar-refractivity contribution in [3.05, 3.63) is 35.9 Å². The number of aromatic amines is 1. The van der Waals surface area contributed by atoms with E-state index in [9.17, 15) is 0 Å². The molecule has 0 aliphatic carbocycles. The van der Waals surface area contributed by atoms with E-state index in [0.29, 0.717) is 5.92 Å². The molecule has 0 radical (unpaired) electrons. The molecule has 0 amide bonds. The number of hydrogen-bond donors (Lipinski definition) is 2. The normalized spacial score (nSPS) is 19.9. The molecule has 0 saturated carbocycles. The number of nitrogens with one attached hydrogen (secondary N) is 2. The fourth-order valence-electron chi connectivity index (χ4n) is 2.47. The predicted octanol–water partition coefficient (Wildman–Crippen LogP) is 2.25. The van der Waals surface area contributed by atoms with E-state index in [1.165, 1.54) is 12.8 Å². The molecule has 0 bridgehead atoms. The average Bonchev–Trinajstić information content (AvgIpc) is 2.93. The van der Waals surface area contributed by atoms with E-state index in [1.807, 2.05) is 31.3 Å². The maximum Gasteiger partial charge on any atom is 0.133 e. The predicted molar refractivity (Wildman–Crippen MR) is 71.4 cm³/mol. The molecule has 0 aromatic carbocycles. The summed E-state index contributed by atoms with van der Waals surface area (Å²) < 4.78 is 0. The minimum atomic E-state index is 0.451. The Morgan fingerprint density at radius 2 is 2.28 bits per heavy atom. The number of piperidine rings is 1. The molecule has 1 saturated heterocycles. The molecule has 1 unspecified atom stereocenters. The number of H-pyrrole nitrogens is 1. The molecule has 2 aromatic rings. The Bertz CT molecular complexity index is 513. The summed E-state index contributed by atoms with van der Waals surface area (Å²) >= 11 is 0. The SMILES string of the molecule is Cc1cc(-c2ccc[nH]2)nc(C2CCCNC2)n1. The van der Waals surface area contributed by atoms with E-state index in [4.69, 9.17) is 4.98 Å². The maximum absolute atomic E-state index is 4.72. The van der Waals surface area contributed by atoms with Crippen molar-refractivity contribution in [2.24, 2.45) is 0 Å². The molecule has 0 spiro atoms. The Kier molecular flexibility index (Phi) is 3.11. The first kappa shape index (κ1) is 11.4. The van der Waals surface area contributed by atoms with Crippen molar-refractivity contribution in [1.82, 2.24) is 20.3 Å². The number of aryl methyl sites for hydroxylation is 1. The molecule has 1 atom stereocenters. The lowest BCUT2D eigenvalue weighted by Crippen LogP contribution is -2.29. The monoisotopic (exact) mass is 242 g/mol. The van der Waals surface area contributed by atoms with Gasteiger partial charge in [0.1, 0.15) is 5.82 Å². The third kappa shape index (κ3) is 2.29. The van der Waals surface area contributed by atoms with Crippen LogP contribution in [0.3, 0.4) is 0 Å². The first-order chi connectivity index (χ1) is 8.83. The minimum Gasteiger partial charge on any atom is -0.360 e. The van der Waals surface area contributed by atoms with Gasteiger partial charge in [-0.2, -0.15) is 0 Å². The highest BCUT2D eigenvalue weighted by atomic mass is 14.9. The highest BCUT2D eigenvalue weighted by Crippen LogP contribution is 2.23. The maximum atomic E-state index is 4.72. The number of rotatable bonds is 2. The van der Waals surface area contributed by atoms with Crippen LogP contribution < -0.4 is 5.32 Å². The van der Waals surface area contributed by atoms with Crippen LogP contribution in [-0.2, 0) is 0 Å². The van der Waals surface area contributed by atoms with Crippen LogP contribution in [-0.4, -0.2) is 28.0 Å². The van der Waals surface area contributed by atoms with E-state index >= 15 is 0 Å². The van der Waals surface area contributed by atoms with E-state index in [1.54, 1.807) is 0 Å². The molecule has 3 heterocycles. The van der Waals surface area contributed by atoms with E-state index in [2.05, 4.69) is 15.3 Å². The molecule has 3 rings (SSSR count). The van der Waals surface area contributed by atoms with Crippen molar-refractivity contribution >= 4 is 0 Å². The summed E-state index contributed by atoms with van der Waals surface area (Å²) in [5.74, 6) is 1.43. The summed E-state index contributed by atoms with van der Waals surface area (Å²) in [4.78, 5) is 12.5. The van der Waals surface area contributed by atoms with Gasteiger partial charge in [0.25, 0.3) is 0 Å².